The van der Waals surface area contributed by atoms with E-state index in [9.17, 15) is 8.42 Å². The molecular weight excluding hydrogens is 510 g/mol. The third kappa shape index (κ3) is 4.71. The number of sulfonamides is 1. The number of methoxy groups -OCH3 is 2. The van der Waals surface area contributed by atoms with Gasteiger partial charge in [-0.05, 0) is 36.4 Å². The van der Waals surface area contributed by atoms with Crippen LogP contribution >= 0.6 is 22.9 Å². The summed E-state index contributed by atoms with van der Waals surface area (Å²) in [5, 5.41) is 2.25. The predicted molar refractivity (Wildman–Crippen MR) is 135 cm³/mol. The van der Waals surface area contributed by atoms with Crippen molar-refractivity contribution in [3.8, 4) is 28.5 Å². The number of aromatic nitrogens is 2. The van der Waals surface area contributed by atoms with E-state index in [0.717, 1.165) is 5.56 Å². The Morgan fingerprint density at radius 2 is 1.86 bits per heavy atom. The van der Waals surface area contributed by atoms with Gasteiger partial charge in [-0.2, -0.15) is 4.31 Å². The summed E-state index contributed by atoms with van der Waals surface area (Å²) < 4.78 is 46.3. The molecule has 35 heavy (non-hydrogen) atoms. The van der Waals surface area contributed by atoms with Crippen molar-refractivity contribution in [3.05, 3.63) is 59.2 Å². The lowest BCUT2D eigenvalue weighted by molar-refractivity contribution is 0.135. The fourth-order valence-corrected chi connectivity index (χ4v) is 7.00. The van der Waals surface area contributed by atoms with Crippen LogP contribution < -0.4 is 14.2 Å². The molecule has 1 aromatic carbocycles. The number of fused-ring (bicyclic) bond motifs is 1. The molecule has 4 aromatic rings. The van der Waals surface area contributed by atoms with Crippen LogP contribution in [0.25, 0.3) is 16.9 Å². The van der Waals surface area contributed by atoms with E-state index in [1.54, 1.807) is 43.9 Å². The van der Waals surface area contributed by atoms with Crippen LogP contribution in [-0.4, -0.2) is 55.5 Å². The van der Waals surface area contributed by atoms with Gasteiger partial charge in [0, 0.05) is 43.2 Å². The zero-order valence-electron chi connectivity index (χ0n) is 19.2. The molecule has 0 bridgehead atoms. The minimum Gasteiger partial charge on any atom is -0.496 e. The second-order valence-electron chi connectivity index (χ2n) is 8.09. The summed E-state index contributed by atoms with van der Waals surface area (Å²) in [6.07, 6.45) is 4.96. The highest BCUT2D eigenvalue weighted by atomic mass is 35.5. The lowest BCUT2D eigenvalue weighted by Crippen LogP contribution is -2.41. The number of nitrogens with zero attached hydrogens (tertiary/aromatic N) is 3. The van der Waals surface area contributed by atoms with Crippen molar-refractivity contribution in [1.29, 1.82) is 0 Å². The van der Waals surface area contributed by atoms with E-state index in [1.165, 1.54) is 15.6 Å². The molecule has 3 aromatic heterocycles. The molecule has 0 atom stereocenters. The molecule has 0 unspecified atom stereocenters. The lowest BCUT2D eigenvalue weighted by Gasteiger charge is -2.31. The average Bonchev–Trinajstić information content (AvgIpc) is 3.55. The van der Waals surface area contributed by atoms with Crippen molar-refractivity contribution in [2.24, 2.45) is 0 Å². The van der Waals surface area contributed by atoms with Crippen molar-refractivity contribution in [2.75, 3.05) is 27.3 Å². The first-order chi connectivity index (χ1) is 16.9. The molecule has 5 rings (SSSR count). The molecule has 11 heteroatoms. The minimum atomic E-state index is -3.43. The Kier molecular flexibility index (Phi) is 6.63. The predicted octanol–water partition coefficient (Wildman–Crippen LogP) is 4.97. The van der Waals surface area contributed by atoms with E-state index >= 15 is 0 Å². The van der Waals surface area contributed by atoms with E-state index in [4.69, 9.17) is 30.8 Å². The maximum Gasteiger partial charge on any atom is 0.252 e. The average molecular weight is 534 g/mol. The molecule has 0 spiro atoms. The molecule has 1 aliphatic heterocycles. The van der Waals surface area contributed by atoms with Crippen LogP contribution in [0.1, 0.15) is 12.8 Å². The summed E-state index contributed by atoms with van der Waals surface area (Å²) in [6.45, 7) is 0.859. The number of halogens is 1. The summed E-state index contributed by atoms with van der Waals surface area (Å²) >= 11 is 7.57. The third-order valence-electron chi connectivity index (χ3n) is 5.97. The van der Waals surface area contributed by atoms with Crippen LogP contribution in [0.4, 0.5) is 0 Å². The standard InChI is InChI=1S/C24H24ClN3O5S2/c1-31-21-14-22(32-2)19(25)13-18(21)20-15-27-8-5-17(12-23(27)26-20)33-16-6-9-28(10-7-16)35(29,30)24-4-3-11-34-24/h3-5,8,11-16H,6-7,9-10H2,1-2H3. The van der Waals surface area contributed by atoms with Crippen molar-refractivity contribution >= 4 is 38.6 Å². The summed E-state index contributed by atoms with van der Waals surface area (Å²) in [5.41, 5.74) is 2.17. The molecule has 8 nitrogen and oxygen atoms in total. The topological polar surface area (TPSA) is 82.4 Å². The number of imidazole rings is 1. The number of ether oxygens (including phenoxy) is 3. The zero-order valence-corrected chi connectivity index (χ0v) is 21.6. The molecule has 1 aliphatic rings. The molecular formula is C24H24ClN3O5S2. The van der Waals surface area contributed by atoms with Crippen molar-refractivity contribution in [2.45, 2.75) is 23.2 Å². The van der Waals surface area contributed by atoms with Gasteiger partial charge in [-0.15, -0.1) is 11.3 Å². The third-order valence-corrected chi connectivity index (χ3v) is 9.54. The summed E-state index contributed by atoms with van der Waals surface area (Å²) in [6, 6.07) is 10.7. The highest BCUT2D eigenvalue weighted by Crippen LogP contribution is 2.38. The molecule has 0 radical (unpaired) electrons. The molecule has 0 saturated carbocycles. The molecule has 4 heterocycles. The number of hydrogen-bond donors (Lipinski definition) is 0. The van der Waals surface area contributed by atoms with Crippen LogP contribution in [-0.2, 0) is 10.0 Å². The lowest BCUT2D eigenvalue weighted by atomic mass is 10.1. The van der Waals surface area contributed by atoms with Crippen LogP contribution in [0, 0.1) is 0 Å². The Labute approximate surface area is 212 Å². The maximum atomic E-state index is 12.7. The summed E-state index contributed by atoms with van der Waals surface area (Å²) in [5.74, 6) is 1.82. The normalized spacial score (nSPS) is 15.4. The number of benzene rings is 1. The number of piperidine rings is 1. The van der Waals surface area contributed by atoms with Gasteiger partial charge in [0.1, 0.15) is 33.2 Å². The van der Waals surface area contributed by atoms with Crippen LogP contribution in [0.2, 0.25) is 5.02 Å². The monoisotopic (exact) mass is 533 g/mol. The Hall–Kier alpha value is -2.79. The molecule has 184 valence electrons. The Bertz CT molecular complexity index is 1450. The van der Waals surface area contributed by atoms with Gasteiger partial charge in [0.05, 0.1) is 24.9 Å². The SMILES string of the molecule is COc1cc(OC)c(-c2cn3ccc(OC4CCN(S(=O)(=O)c5cccs5)CC4)cc3n2)cc1Cl. The molecule has 0 aliphatic carbocycles. The number of thiophene rings is 1. The van der Waals surface area contributed by atoms with Gasteiger partial charge in [-0.1, -0.05) is 17.7 Å². The first kappa shape index (κ1) is 23.9. The number of rotatable bonds is 7. The Morgan fingerprint density at radius 3 is 2.54 bits per heavy atom. The molecule has 1 saturated heterocycles. The Morgan fingerprint density at radius 1 is 1.09 bits per heavy atom. The summed E-state index contributed by atoms with van der Waals surface area (Å²) in [4.78, 5) is 4.73. The number of pyridine rings is 1. The van der Waals surface area contributed by atoms with Gasteiger partial charge in [0.25, 0.3) is 10.0 Å². The van der Waals surface area contributed by atoms with E-state index < -0.39 is 10.0 Å². The quantitative estimate of drug-likeness (QED) is 0.334. The van der Waals surface area contributed by atoms with E-state index in [-0.39, 0.29) is 6.10 Å². The molecule has 0 amide bonds. The van der Waals surface area contributed by atoms with Crippen molar-refractivity contribution in [3.63, 3.8) is 0 Å². The van der Waals surface area contributed by atoms with Crippen molar-refractivity contribution < 1.29 is 22.6 Å². The van der Waals surface area contributed by atoms with E-state index in [2.05, 4.69) is 0 Å². The van der Waals surface area contributed by atoms with Crippen LogP contribution in [0.5, 0.6) is 17.2 Å². The Balaban J connectivity index is 1.31. The van der Waals surface area contributed by atoms with Gasteiger partial charge >= 0.3 is 0 Å². The maximum absolute atomic E-state index is 12.7. The van der Waals surface area contributed by atoms with Crippen LogP contribution in [0.15, 0.2) is 58.4 Å². The molecule has 0 N–H and O–H groups in total. The van der Waals surface area contributed by atoms with Gasteiger partial charge in [0.2, 0.25) is 0 Å². The van der Waals surface area contributed by atoms with Gasteiger partial charge in [-0.3, -0.25) is 0 Å². The highest BCUT2D eigenvalue weighted by molar-refractivity contribution is 7.91. The second kappa shape index (κ2) is 9.69. The first-order valence-corrected chi connectivity index (χ1v) is 13.7. The zero-order chi connectivity index (χ0) is 24.6. The van der Waals surface area contributed by atoms with E-state index in [1.807, 2.05) is 28.9 Å². The molecule has 1 fully saturated rings. The van der Waals surface area contributed by atoms with Crippen LogP contribution in [0.3, 0.4) is 0 Å². The van der Waals surface area contributed by atoms with Gasteiger partial charge in [0.15, 0.2) is 0 Å². The highest BCUT2D eigenvalue weighted by Gasteiger charge is 2.30. The van der Waals surface area contributed by atoms with E-state index in [0.29, 0.717) is 63.8 Å². The second-order valence-corrected chi connectivity index (χ2v) is 11.6. The fourth-order valence-electron chi connectivity index (χ4n) is 4.15. The first-order valence-electron chi connectivity index (χ1n) is 11.0. The smallest absolute Gasteiger partial charge is 0.252 e. The number of hydrogen-bond acceptors (Lipinski definition) is 7. The fraction of sp³-hybridized carbons (Fsp3) is 0.292. The van der Waals surface area contributed by atoms with Gasteiger partial charge in [-0.25, -0.2) is 13.4 Å². The van der Waals surface area contributed by atoms with Crippen molar-refractivity contribution in [1.82, 2.24) is 13.7 Å². The summed E-state index contributed by atoms with van der Waals surface area (Å²) in [7, 11) is -0.282. The van der Waals surface area contributed by atoms with Gasteiger partial charge < -0.3 is 18.6 Å². The minimum absolute atomic E-state index is 0.0674. The largest absolute Gasteiger partial charge is 0.496 e.